The third-order valence-electron chi connectivity index (χ3n) is 11.6. The fourth-order valence-electron chi connectivity index (χ4n) is 8.05. The molecule has 2 aliphatic heterocycles. The molecule has 4 amide bonds. The molecule has 0 radical (unpaired) electrons. The van der Waals surface area contributed by atoms with Crippen LogP contribution in [0.2, 0.25) is 0 Å². The molecule has 0 bridgehead atoms. The van der Waals surface area contributed by atoms with Gasteiger partial charge in [0.05, 0.1) is 34.3 Å². The van der Waals surface area contributed by atoms with E-state index in [1.54, 1.807) is 0 Å². The second-order valence-electron chi connectivity index (χ2n) is 16.2. The van der Waals surface area contributed by atoms with Gasteiger partial charge in [-0.2, -0.15) is 0 Å². The number of aromatic nitrogens is 3. The number of primary amides is 1. The number of hydrogen-bond donors (Lipinski definition) is 4. The number of rotatable bonds is 13. The number of nitrogens with one attached hydrogen (secondary N) is 2. The van der Waals surface area contributed by atoms with Gasteiger partial charge in [-0.25, -0.2) is 31.2 Å². The Hall–Kier alpha value is -4.40. The number of sulfonamides is 1. The third kappa shape index (κ3) is 9.50. The zero-order chi connectivity index (χ0) is 41.3. The summed E-state index contributed by atoms with van der Waals surface area (Å²) in [5.41, 5.74) is 2.22. The SMILES string of the molecule is CC(C)(O)c1cnnn1[C@H]1C[C@@H](C(=O)NC2(C(=O)C(N)=O)CCS(=O)(=O)CC2)N(C(=O)/C(CC2CCCCC2)=N/C(=O)c2ccc(S(=O)(=O)NC3CCC3)cc2)C1. The number of ketones is 1. The molecule has 4 aliphatic rings. The number of nitrogens with zero attached hydrogens (tertiary/aromatic N) is 5. The number of nitrogens with two attached hydrogens (primary N) is 1. The van der Waals surface area contributed by atoms with Crippen molar-refractivity contribution in [2.75, 3.05) is 18.1 Å². The maximum absolute atomic E-state index is 14.8. The summed E-state index contributed by atoms with van der Waals surface area (Å²) in [7, 11) is -7.38. The number of aliphatic hydroxyl groups is 1. The normalized spacial score (nSPS) is 23.1. The van der Waals surface area contributed by atoms with Crippen molar-refractivity contribution < 1.29 is 45.9 Å². The monoisotopic (exact) mass is 830 g/mol. The van der Waals surface area contributed by atoms with Crippen LogP contribution in [0, 0.1) is 5.92 Å². The van der Waals surface area contributed by atoms with Crippen LogP contribution in [0.1, 0.15) is 113 Å². The number of carbonyl (C=O) groups excluding carboxylic acids is 5. The molecule has 20 heteroatoms. The third-order valence-corrected chi connectivity index (χ3v) is 14.8. The van der Waals surface area contributed by atoms with Crippen molar-refractivity contribution in [3.63, 3.8) is 0 Å². The van der Waals surface area contributed by atoms with Gasteiger partial charge in [0.1, 0.15) is 22.9 Å². The molecule has 18 nitrogen and oxygen atoms in total. The van der Waals surface area contributed by atoms with E-state index < -0.39 is 96.8 Å². The fraction of sp³-hybridized carbons (Fsp3) is 0.622. The maximum Gasteiger partial charge on any atom is 0.287 e. The van der Waals surface area contributed by atoms with E-state index in [-0.39, 0.29) is 47.5 Å². The maximum atomic E-state index is 14.8. The lowest BCUT2D eigenvalue weighted by molar-refractivity contribution is -0.143. The van der Waals surface area contributed by atoms with E-state index in [2.05, 4.69) is 25.3 Å². The summed E-state index contributed by atoms with van der Waals surface area (Å²) in [4.78, 5) is 73.8. The average Bonchev–Trinajstić information content (AvgIpc) is 3.83. The lowest BCUT2D eigenvalue weighted by Gasteiger charge is -2.37. The van der Waals surface area contributed by atoms with Gasteiger partial charge in [-0.3, -0.25) is 24.0 Å². The molecule has 2 saturated heterocycles. The zero-order valence-corrected chi connectivity index (χ0v) is 33.7. The van der Waals surface area contributed by atoms with Gasteiger partial charge >= 0.3 is 0 Å². The smallest absolute Gasteiger partial charge is 0.287 e. The van der Waals surface area contributed by atoms with Crippen LogP contribution in [-0.4, -0.2) is 113 Å². The molecule has 4 fully saturated rings. The minimum Gasteiger partial charge on any atom is -0.384 e. The van der Waals surface area contributed by atoms with Crippen LogP contribution in [0.4, 0.5) is 0 Å². The molecule has 310 valence electrons. The summed E-state index contributed by atoms with van der Waals surface area (Å²) < 4.78 is 54.5. The van der Waals surface area contributed by atoms with Gasteiger partial charge < -0.3 is 21.1 Å². The van der Waals surface area contributed by atoms with Crippen molar-refractivity contribution in [2.45, 2.75) is 125 Å². The van der Waals surface area contributed by atoms with E-state index in [0.717, 1.165) is 51.4 Å². The first-order valence-corrected chi connectivity index (χ1v) is 22.6. The van der Waals surface area contributed by atoms with Gasteiger partial charge in [0.15, 0.2) is 9.84 Å². The minimum absolute atomic E-state index is 0.00257. The number of aliphatic imine (C=N–C) groups is 1. The largest absolute Gasteiger partial charge is 0.384 e. The Morgan fingerprint density at radius 1 is 1.00 bits per heavy atom. The van der Waals surface area contributed by atoms with Gasteiger partial charge in [-0.05, 0) is 76.1 Å². The van der Waals surface area contributed by atoms with E-state index in [1.165, 1.54) is 53.9 Å². The van der Waals surface area contributed by atoms with Crippen molar-refractivity contribution in [3.05, 3.63) is 41.7 Å². The highest BCUT2D eigenvalue weighted by atomic mass is 32.2. The standard InChI is InChI=1S/C37H50N8O10S2/c1-36(2,51)30-21-39-43-45(30)26-20-29(34(49)41-37(31(46)32(38)47)15-17-56(52,53)18-16-37)44(22-26)35(50)28(19-23-7-4-3-5-8-23)40-33(48)24-11-13-27(14-12-24)57(54,55)42-25-9-6-10-25/h11-14,21,23,25-26,29,42,51H,3-10,15-20,22H2,1-2H3,(H2,38,47)(H,41,49)/b40-28+/t26-,29-/m0/s1. The Kier molecular flexibility index (Phi) is 12.2. The number of sulfone groups is 1. The molecule has 2 aromatic rings. The second-order valence-corrected chi connectivity index (χ2v) is 20.3. The van der Waals surface area contributed by atoms with Gasteiger partial charge in [0.25, 0.3) is 17.7 Å². The molecule has 2 aliphatic carbocycles. The first-order chi connectivity index (χ1) is 26.8. The Morgan fingerprint density at radius 2 is 1.65 bits per heavy atom. The predicted molar refractivity (Wildman–Crippen MR) is 205 cm³/mol. The molecule has 2 saturated carbocycles. The van der Waals surface area contributed by atoms with Crippen molar-refractivity contribution in [2.24, 2.45) is 16.6 Å². The zero-order valence-electron chi connectivity index (χ0n) is 32.1. The Labute approximate surface area is 331 Å². The molecule has 0 unspecified atom stereocenters. The summed E-state index contributed by atoms with van der Waals surface area (Å²) >= 11 is 0. The Balaban J connectivity index is 1.34. The molecule has 0 spiro atoms. The number of benzene rings is 1. The minimum atomic E-state index is -3.81. The summed E-state index contributed by atoms with van der Waals surface area (Å²) in [6, 6.07) is 3.05. The van der Waals surface area contributed by atoms with Crippen LogP contribution in [0.15, 0.2) is 40.4 Å². The average molecular weight is 831 g/mol. The number of likely N-dealkylation sites (tertiary alicyclic amines) is 1. The van der Waals surface area contributed by atoms with E-state index in [0.29, 0.717) is 5.69 Å². The Morgan fingerprint density at radius 3 is 2.23 bits per heavy atom. The van der Waals surface area contributed by atoms with Crippen molar-refractivity contribution in [1.82, 2.24) is 29.9 Å². The Bertz CT molecular complexity index is 2140. The van der Waals surface area contributed by atoms with Crippen molar-refractivity contribution >= 4 is 55.0 Å². The molecule has 6 rings (SSSR count). The van der Waals surface area contributed by atoms with Crippen LogP contribution < -0.4 is 15.8 Å². The van der Waals surface area contributed by atoms with Crippen LogP contribution in [0.25, 0.3) is 0 Å². The van der Waals surface area contributed by atoms with Gasteiger partial charge in [-0.15, -0.1) is 5.10 Å². The summed E-state index contributed by atoms with van der Waals surface area (Å²) in [6.07, 6.45) is 7.41. The second kappa shape index (κ2) is 16.5. The van der Waals surface area contributed by atoms with E-state index in [4.69, 9.17) is 5.73 Å². The van der Waals surface area contributed by atoms with Gasteiger partial charge in [-0.1, -0.05) is 43.7 Å². The number of hydrogen-bond acceptors (Lipinski definition) is 12. The van der Waals surface area contributed by atoms with Gasteiger partial charge in [0.2, 0.25) is 21.7 Å². The summed E-state index contributed by atoms with van der Waals surface area (Å²) in [5, 5.41) is 21.6. The topological polar surface area (TPSA) is 270 Å². The molecular formula is C37H50N8O10S2. The lowest BCUT2D eigenvalue weighted by Crippen LogP contribution is -2.64. The van der Waals surface area contributed by atoms with Crippen LogP contribution in [0.5, 0.6) is 0 Å². The predicted octanol–water partition coefficient (Wildman–Crippen LogP) is 0.848. The number of Topliss-reactive ketones (excluding diaryl/α,β-unsaturated/α-hetero) is 1. The molecular weight excluding hydrogens is 781 g/mol. The molecule has 1 aromatic carbocycles. The number of amides is 4. The first-order valence-electron chi connectivity index (χ1n) is 19.3. The van der Waals surface area contributed by atoms with Crippen LogP contribution >= 0.6 is 0 Å². The first kappa shape index (κ1) is 42.2. The van der Waals surface area contributed by atoms with Crippen LogP contribution in [0.3, 0.4) is 0 Å². The van der Waals surface area contributed by atoms with Crippen LogP contribution in [-0.2, 0) is 44.6 Å². The molecule has 5 N–H and O–H groups in total. The number of carbonyl (C=O) groups is 5. The summed E-state index contributed by atoms with van der Waals surface area (Å²) in [6.45, 7) is 2.88. The molecule has 2 atom stereocenters. The van der Waals surface area contributed by atoms with E-state index >= 15 is 0 Å². The van der Waals surface area contributed by atoms with Gasteiger partial charge in [0, 0.05) is 24.6 Å². The lowest BCUT2D eigenvalue weighted by atomic mass is 9.85. The van der Waals surface area contributed by atoms with Crippen molar-refractivity contribution in [3.8, 4) is 0 Å². The van der Waals surface area contributed by atoms with E-state index in [1.807, 2.05) is 0 Å². The highest BCUT2D eigenvalue weighted by Gasteiger charge is 2.50. The molecule has 1 aromatic heterocycles. The summed E-state index contributed by atoms with van der Waals surface area (Å²) in [5.74, 6) is -5.89. The fourth-order valence-corrected chi connectivity index (χ4v) is 10.9. The molecule has 3 heterocycles. The highest BCUT2D eigenvalue weighted by molar-refractivity contribution is 7.91. The highest BCUT2D eigenvalue weighted by Crippen LogP contribution is 2.34. The molecule has 57 heavy (non-hydrogen) atoms. The van der Waals surface area contributed by atoms with Crippen molar-refractivity contribution in [1.29, 1.82) is 0 Å². The quantitative estimate of drug-likeness (QED) is 0.162. The van der Waals surface area contributed by atoms with E-state index in [9.17, 15) is 45.9 Å².